The van der Waals surface area contributed by atoms with E-state index in [0.29, 0.717) is 71.6 Å². The van der Waals surface area contributed by atoms with E-state index in [0.717, 1.165) is 135 Å². The maximum absolute atomic E-state index is 13.6. The summed E-state index contributed by atoms with van der Waals surface area (Å²) < 4.78 is 141. The Morgan fingerprint density at radius 2 is 0.636 bits per heavy atom. The zero-order chi connectivity index (χ0) is 98.8. The lowest BCUT2D eigenvalue weighted by Gasteiger charge is -2.30. The van der Waals surface area contributed by atoms with Crippen molar-refractivity contribution < 1.29 is 73.8 Å². The van der Waals surface area contributed by atoms with Gasteiger partial charge in [0.25, 0.3) is 0 Å². The second kappa shape index (κ2) is 44.5. The van der Waals surface area contributed by atoms with Gasteiger partial charge in [0.1, 0.15) is 58.2 Å². The number of carbonyl (C=O) groups is 2. The Labute approximate surface area is 812 Å². The first-order valence-electron chi connectivity index (χ1n) is 45.3. The highest BCUT2D eigenvalue weighted by atomic mass is 31.2. The van der Waals surface area contributed by atoms with E-state index in [-0.39, 0.29) is 35.5 Å². The van der Waals surface area contributed by atoms with E-state index < -0.39 is 61.9 Å². The van der Waals surface area contributed by atoms with Crippen molar-refractivity contribution in [2.45, 2.75) is 89.3 Å². The molecule has 0 unspecified atom stereocenters. The summed E-state index contributed by atoms with van der Waals surface area (Å²) in [7, 11) is 4.38. The molecule has 8 N–H and O–H groups in total. The van der Waals surface area contributed by atoms with E-state index in [1.807, 2.05) is 159 Å². The average molecular weight is 1930 g/mol. The molecular weight excluding hydrogens is 1820 g/mol. The molecule has 0 saturated heterocycles. The zero-order valence-electron chi connectivity index (χ0n) is 79.0. The van der Waals surface area contributed by atoms with Crippen molar-refractivity contribution in [2.24, 2.45) is 9.49 Å². The molecule has 14 aromatic rings. The van der Waals surface area contributed by atoms with Crippen molar-refractivity contribution in [1.82, 2.24) is 21.3 Å². The van der Waals surface area contributed by atoms with Crippen LogP contribution in [0.4, 0.5) is 58.7 Å². The molecule has 720 valence electrons. The number of amides is 4. The largest absolute Gasteiger partial charge is 0.497 e. The number of rotatable bonds is 34. The number of carbonyl (C=O) groups excluding carboxylic acids is 2. The molecule has 2 aliphatic carbocycles. The quantitative estimate of drug-likeness (QED) is 0.0139. The topological polar surface area (TPSA) is 229 Å². The van der Waals surface area contributed by atoms with Crippen molar-refractivity contribution in [3.05, 3.63) is 419 Å². The van der Waals surface area contributed by atoms with Crippen molar-refractivity contribution in [3.63, 3.8) is 0 Å². The van der Waals surface area contributed by atoms with Crippen LogP contribution in [-0.4, -0.2) is 80.0 Å². The molecule has 4 amide bonds. The van der Waals surface area contributed by atoms with Crippen molar-refractivity contribution in [1.29, 1.82) is 0 Å². The van der Waals surface area contributed by atoms with Crippen LogP contribution in [0.5, 0.6) is 46.0 Å². The summed E-state index contributed by atoms with van der Waals surface area (Å²) in [4.78, 5) is 26.8. The Hall–Kier alpha value is -15.3. The van der Waals surface area contributed by atoms with Crippen LogP contribution in [0.1, 0.15) is 90.9 Å². The average Bonchev–Trinajstić information content (AvgIpc) is 1.02. The van der Waals surface area contributed by atoms with Gasteiger partial charge in [-0.1, -0.05) is 134 Å². The predicted octanol–water partition coefficient (Wildman–Crippen LogP) is 23.2. The first-order chi connectivity index (χ1) is 67.5. The molecule has 0 spiro atoms. The SMILES string of the molecule is C=C(N[C@@H](CN=P(c1ccc(OC)cc1)(c1ccc(OC)cc1)c1ccc(OC)cc1)c1ccccc1)N[C@@H]1c2ccccc2C[C@H]1Oc1ccc(C)cc1NC(=O)Nc1cc(C)cc(C(F)(F)F)c1.C=C(N[C@H](CN=P(c1ccc(OC)cc1)(c1ccc(OC)cc1)c1ccc(OC)cc1)c1ccccc1)N[C@H]1c2ccccc2C[C@@H]1Oc1ccc(C)cc1NC(=O)Nc1cc(C)cc(C(F)(F)F)c1. The molecule has 14 aromatic carbocycles. The molecule has 140 heavy (non-hydrogen) atoms. The maximum Gasteiger partial charge on any atom is 0.416 e. The molecule has 0 aliphatic heterocycles. The van der Waals surface area contributed by atoms with Gasteiger partial charge in [-0.3, -0.25) is 9.49 Å². The van der Waals surface area contributed by atoms with E-state index in [4.69, 9.17) is 47.4 Å². The summed E-state index contributed by atoms with van der Waals surface area (Å²) in [5.41, 5.74) is 7.65. The summed E-state index contributed by atoms with van der Waals surface area (Å²) >= 11 is 0. The summed E-state index contributed by atoms with van der Waals surface area (Å²) in [5.74, 6) is 6.27. The number of ether oxygens (including phenoxy) is 8. The van der Waals surface area contributed by atoms with E-state index in [9.17, 15) is 35.9 Å². The van der Waals surface area contributed by atoms with Crippen LogP contribution in [0.2, 0.25) is 0 Å². The third-order valence-corrected chi connectivity index (χ3v) is 31.9. The van der Waals surface area contributed by atoms with Crippen LogP contribution in [0.15, 0.2) is 362 Å². The number of hydrogen-bond acceptors (Lipinski definition) is 16. The molecule has 20 nitrogen and oxygen atoms in total. The minimum absolute atomic E-state index is 0.0119. The second-order valence-electron chi connectivity index (χ2n) is 34.0. The summed E-state index contributed by atoms with van der Waals surface area (Å²) in [6.45, 7) is 16.6. The van der Waals surface area contributed by atoms with E-state index in [1.165, 1.54) is 12.1 Å². The first-order valence-corrected chi connectivity index (χ1v) is 48.8. The Morgan fingerprint density at radius 1 is 0.350 bits per heavy atom. The molecule has 0 bridgehead atoms. The number of hydrogen-bond donors (Lipinski definition) is 8. The van der Waals surface area contributed by atoms with Crippen LogP contribution < -0.4 is 112 Å². The molecule has 6 atom stereocenters. The van der Waals surface area contributed by atoms with Gasteiger partial charge in [0, 0.05) is 56.0 Å². The smallest absolute Gasteiger partial charge is 0.416 e. The number of aryl methyl sites for hydroxylation is 4. The van der Waals surface area contributed by atoms with Gasteiger partial charge >= 0.3 is 24.4 Å². The van der Waals surface area contributed by atoms with Gasteiger partial charge in [-0.15, -0.1) is 0 Å². The number of nitrogens with zero attached hydrogens (tertiary/aromatic N) is 2. The van der Waals surface area contributed by atoms with E-state index >= 15 is 0 Å². The van der Waals surface area contributed by atoms with Crippen molar-refractivity contribution in [3.8, 4) is 46.0 Å². The van der Waals surface area contributed by atoms with Gasteiger partial charge in [0.2, 0.25) is 0 Å². The van der Waals surface area contributed by atoms with Crippen LogP contribution >= 0.6 is 14.1 Å². The third-order valence-electron chi connectivity index (χ3n) is 24.4. The molecular formula is C112H110F6N10O10P2. The number of anilines is 4. The number of fused-ring (bicyclic) bond motifs is 2. The number of halogens is 6. The predicted molar refractivity (Wildman–Crippen MR) is 548 cm³/mol. The number of methoxy groups -OCH3 is 6. The Morgan fingerprint density at radius 3 is 0.921 bits per heavy atom. The maximum atomic E-state index is 13.6. The Bertz CT molecular complexity index is 6170. The van der Waals surface area contributed by atoms with Gasteiger partial charge in [-0.2, -0.15) is 26.3 Å². The summed E-state index contributed by atoms with van der Waals surface area (Å²) in [6, 6.07) is 99.9. The first kappa shape index (κ1) is 99.2. The van der Waals surface area contributed by atoms with Gasteiger partial charge in [0.15, 0.2) is 0 Å². The fraction of sp³-hybridized carbons (Fsp3) is 0.196. The Kier molecular flexibility index (Phi) is 31.5. The van der Waals surface area contributed by atoms with Gasteiger partial charge in [0.05, 0.1) is 128 Å². The fourth-order valence-electron chi connectivity index (χ4n) is 17.6. The molecule has 0 heterocycles. The van der Waals surface area contributed by atoms with Crippen molar-refractivity contribution >= 4 is 80.7 Å². The van der Waals surface area contributed by atoms with Gasteiger partial charge < -0.3 is 80.4 Å². The van der Waals surface area contributed by atoms with E-state index in [1.54, 1.807) is 80.8 Å². The minimum Gasteiger partial charge on any atom is -0.497 e. The van der Waals surface area contributed by atoms with Crippen LogP contribution in [0.25, 0.3) is 0 Å². The third kappa shape index (κ3) is 23.8. The summed E-state index contributed by atoms with van der Waals surface area (Å²) in [6.07, 6.45) is -8.99. The van der Waals surface area contributed by atoms with Crippen LogP contribution in [-0.2, 0) is 25.2 Å². The standard InChI is InChI=1S/2C56H55F3N5O5P/c2*1-36-16-29-52(50(32-36)64-55(65)63-42-31-37(2)30-41(34-42)56(57,58)59)69-53-33-40-14-10-11-15-49(40)54(53)62-38(3)61-51(39-12-8-7-9-13-39)35-60-70(46-23-17-43(66-4)18-24-46,47-25-19-44(67-5)20-26-47)48-27-21-45(68-6)22-28-48/h2*7-32,34,51,53-54,61-62H,3,33,35H2,1-2,4-6H3,(H2,63,64,65)/t2*51-,53+,54+/m10/s1. The number of alkyl halides is 6. The highest BCUT2D eigenvalue weighted by molar-refractivity contribution is 7.87. The van der Waals surface area contributed by atoms with Crippen molar-refractivity contribution in [2.75, 3.05) is 77.0 Å². The molecule has 0 radical (unpaired) electrons. The molecule has 16 rings (SSSR count). The summed E-state index contributed by atoms with van der Waals surface area (Å²) in [5, 5.41) is 31.7. The number of urea groups is 2. The lowest BCUT2D eigenvalue weighted by Crippen LogP contribution is -2.38. The van der Waals surface area contributed by atoms with Crippen LogP contribution in [0, 0.1) is 27.7 Å². The molecule has 28 heteroatoms. The monoisotopic (exact) mass is 1930 g/mol. The molecule has 2 aliphatic rings. The number of nitrogens with one attached hydrogen (secondary N) is 8. The van der Waals surface area contributed by atoms with Gasteiger partial charge in [-0.25, -0.2) is 9.59 Å². The molecule has 0 saturated carbocycles. The second-order valence-corrected chi connectivity index (χ2v) is 40.2. The highest BCUT2D eigenvalue weighted by Crippen LogP contribution is 2.51. The highest BCUT2D eigenvalue weighted by Gasteiger charge is 2.40. The number of benzene rings is 14. The normalized spacial score (nSPS) is 14.6. The lowest BCUT2D eigenvalue weighted by atomic mass is 10.1. The van der Waals surface area contributed by atoms with E-state index in [2.05, 4.69) is 177 Å². The minimum atomic E-state index is -4.57. The Balaban J connectivity index is 0.000000212. The molecule has 0 aromatic heterocycles. The molecule has 0 fully saturated rings. The lowest BCUT2D eigenvalue weighted by molar-refractivity contribution is -0.138. The fourth-order valence-corrected chi connectivity index (χ4v) is 24.7. The van der Waals surface area contributed by atoms with Crippen LogP contribution in [0.3, 0.4) is 0 Å². The zero-order valence-corrected chi connectivity index (χ0v) is 80.8. The van der Waals surface area contributed by atoms with Gasteiger partial charge in [-0.05, 0) is 290 Å².